The molecule has 1 atom stereocenters. The van der Waals surface area contributed by atoms with Gasteiger partial charge in [0.15, 0.2) is 6.61 Å². The Bertz CT molecular complexity index is 497. The maximum atomic E-state index is 12.0. The molecule has 0 radical (unpaired) electrons. The van der Waals surface area contributed by atoms with Gasteiger partial charge in [0.25, 0.3) is 11.8 Å². The van der Waals surface area contributed by atoms with Crippen molar-refractivity contribution in [1.29, 1.82) is 0 Å². The van der Waals surface area contributed by atoms with Gasteiger partial charge < -0.3 is 20.5 Å². The van der Waals surface area contributed by atoms with Gasteiger partial charge in [-0.3, -0.25) is 9.59 Å². The molecule has 0 fully saturated rings. The van der Waals surface area contributed by atoms with E-state index in [2.05, 4.69) is 10.6 Å². The molecule has 6 nitrogen and oxygen atoms in total. The SMILES string of the molecule is CC[C@@H](CO)NC(=O)c1ccc2c(c1)NC(=O)CO2. The number of hydrogen-bond acceptors (Lipinski definition) is 4. The lowest BCUT2D eigenvalue weighted by Gasteiger charge is -2.19. The van der Waals surface area contributed by atoms with Crippen molar-refractivity contribution in [3.8, 4) is 5.75 Å². The number of carbonyl (C=O) groups excluding carboxylic acids is 2. The van der Waals surface area contributed by atoms with Gasteiger partial charge in [0, 0.05) is 5.56 Å². The Hall–Kier alpha value is -2.08. The first kappa shape index (κ1) is 13.4. The highest BCUT2D eigenvalue weighted by molar-refractivity contribution is 5.99. The summed E-state index contributed by atoms with van der Waals surface area (Å²) in [5.41, 5.74) is 0.900. The average molecular weight is 264 g/mol. The summed E-state index contributed by atoms with van der Waals surface area (Å²) >= 11 is 0. The minimum atomic E-state index is -0.288. The Labute approximate surface area is 110 Å². The standard InChI is InChI=1S/C13H16N2O4/c1-2-9(6-16)14-13(18)8-3-4-11-10(5-8)15-12(17)7-19-11/h3-5,9,16H,2,6-7H2,1H3,(H,14,18)(H,15,17)/t9-/m0/s1. The van der Waals surface area contributed by atoms with Crippen molar-refractivity contribution in [3.05, 3.63) is 23.8 Å². The molecule has 0 saturated carbocycles. The lowest BCUT2D eigenvalue weighted by Crippen LogP contribution is -2.37. The van der Waals surface area contributed by atoms with E-state index in [1.54, 1.807) is 18.2 Å². The van der Waals surface area contributed by atoms with Crippen molar-refractivity contribution in [1.82, 2.24) is 5.32 Å². The van der Waals surface area contributed by atoms with E-state index in [4.69, 9.17) is 9.84 Å². The van der Waals surface area contributed by atoms with Gasteiger partial charge >= 0.3 is 0 Å². The van der Waals surface area contributed by atoms with Gasteiger partial charge in [-0.1, -0.05) is 6.92 Å². The Morgan fingerprint density at radius 2 is 2.37 bits per heavy atom. The molecule has 102 valence electrons. The zero-order valence-electron chi connectivity index (χ0n) is 10.6. The third kappa shape index (κ3) is 3.03. The number of aliphatic hydroxyl groups excluding tert-OH is 1. The third-order valence-electron chi connectivity index (χ3n) is 2.92. The topological polar surface area (TPSA) is 87.7 Å². The Kier molecular flexibility index (Phi) is 4.01. The van der Waals surface area contributed by atoms with E-state index in [-0.39, 0.29) is 31.1 Å². The quantitative estimate of drug-likeness (QED) is 0.739. The van der Waals surface area contributed by atoms with Crippen molar-refractivity contribution in [3.63, 3.8) is 0 Å². The fraction of sp³-hybridized carbons (Fsp3) is 0.385. The fourth-order valence-electron chi connectivity index (χ4n) is 1.77. The van der Waals surface area contributed by atoms with Crippen LogP contribution in [-0.2, 0) is 4.79 Å². The number of carbonyl (C=O) groups is 2. The van der Waals surface area contributed by atoms with Gasteiger partial charge in [-0.15, -0.1) is 0 Å². The minimum Gasteiger partial charge on any atom is -0.482 e. The van der Waals surface area contributed by atoms with Crippen LogP contribution in [0, 0.1) is 0 Å². The summed E-state index contributed by atoms with van der Waals surface area (Å²) in [6.45, 7) is 1.76. The van der Waals surface area contributed by atoms with E-state index < -0.39 is 0 Å². The van der Waals surface area contributed by atoms with Crippen LogP contribution in [0.3, 0.4) is 0 Å². The average Bonchev–Trinajstić information content (AvgIpc) is 2.43. The van der Waals surface area contributed by atoms with Crippen molar-refractivity contribution < 1.29 is 19.4 Å². The molecule has 6 heteroatoms. The summed E-state index contributed by atoms with van der Waals surface area (Å²) in [6, 6.07) is 4.56. The van der Waals surface area contributed by atoms with Gasteiger partial charge in [0.05, 0.1) is 18.3 Å². The van der Waals surface area contributed by atoms with Crippen LogP contribution in [-0.4, -0.2) is 36.2 Å². The molecule has 0 saturated heterocycles. The highest BCUT2D eigenvalue weighted by Crippen LogP contribution is 2.28. The van der Waals surface area contributed by atoms with Crippen molar-refractivity contribution in [2.45, 2.75) is 19.4 Å². The minimum absolute atomic E-state index is 0.0129. The number of anilines is 1. The number of fused-ring (bicyclic) bond motifs is 1. The van der Waals surface area contributed by atoms with E-state index in [1.165, 1.54) is 0 Å². The monoisotopic (exact) mass is 264 g/mol. The predicted molar refractivity (Wildman–Crippen MR) is 69.2 cm³/mol. The molecule has 0 spiro atoms. The van der Waals surface area contributed by atoms with E-state index in [0.717, 1.165) is 0 Å². The second-order valence-electron chi connectivity index (χ2n) is 4.31. The first-order valence-corrected chi connectivity index (χ1v) is 6.12. The number of rotatable bonds is 4. The number of ether oxygens (including phenoxy) is 1. The number of benzene rings is 1. The van der Waals surface area contributed by atoms with Crippen LogP contribution in [0.2, 0.25) is 0 Å². The molecule has 2 rings (SSSR count). The summed E-state index contributed by atoms with van der Waals surface area (Å²) in [5, 5.41) is 14.4. The van der Waals surface area contributed by atoms with Crippen LogP contribution in [0.25, 0.3) is 0 Å². The molecule has 1 heterocycles. The smallest absolute Gasteiger partial charge is 0.262 e. The number of aliphatic hydroxyl groups is 1. The van der Waals surface area contributed by atoms with Crippen molar-refractivity contribution in [2.75, 3.05) is 18.5 Å². The summed E-state index contributed by atoms with van der Waals surface area (Å²) in [4.78, 5) is 23.2. The van der Waals surface area contributed by atoms with Crippen LogP contribution < -0.4 is 15.4 Å². The zero-order chi connectivity index (χ0) is 13.8. The normalized spacial score (nSPS) is 14.9. The highest BCUT2D eigenvalue weighted by Gasteiger charge is 2.18. The molecule has 1 aromatic rings. The Morgan fingerprint density at radius 1 is 1.58 bits per heavy atom. The zero-order valence-corrected chi connectivity index (χ0v) is 10.6. The van der Waals surface area contributed by atoms with E-state index >= 15 is 0 Å². The molecule has 0 unspecified atom stereocenters. The number of amides is 2. The maximum absolute atomic E-state index is 12.0. The van der Waals surface area contributed by atoms with Gasteiger partial charge in [-0.2, -0.15) is 0 Å². The van der Waals surface area contributed by atoms with Gasteiger partial charge in [0.2, 0.25) is 0 Å². The fourth-order valence-corrected chi connectivity index (χ4v) is 1.77. The Balaban J connectivity index is 2.15. The number of hydrogen-bond donors (Lipinski definition) is 3. The summed E-state index contributed by atoms with van der Waals surface area (Å²) < 4.78 is 5.21. The van der Waals surface area contributed by atoms with Gasteiger partial charge in [-0.05, 0) is 24.6 Å². The largest absolute Gasteiger partial charge is 0.482 e. The first-order valence-electron chi connectivity index (χ1n) is 6.12. The van der Waals surface area contributed by atoms with Crippen LogP contribution in [0.5, 0.6) is 5.75 Å². The lowest BCUT2D eigenvalue weighted by molar-refractivity contribution is -0.118. The molecular weight excluding hydrogens is 248 g/mol. The first-order chi connectivity index (χ1) is 9.13. The molecule has 3 N–H and O–H groups in total. The van der Waals surface area contributed by atoms with E-state index in [1.807, 2.05) is 6.92 Å². The summed E-state index contributed by atoms with van der Waals surface area (Å²) in [5.74, 6) is 0.0146. The van der Waals surface area contributed by atoms with Crippen molar-refractivity contribution >= 4 is 17.5 Å². The molecule has 19 heavy (non-hydrogen) atoms. The molecule has 1 aromatic carbocycles. The predicted octanol–water partition coefficient (Wildman–Crippen LogP) is 0.518. The molecule has 0 bridgehead atoms. The molecule has 1 aliphatic heterocycles. The third-order valence-corrected chi connectivity index (χ3v) is 2.92. The van der Waals surface area contributed by atoms with Crippen LogP contribution in [0.15, 0.2) is 18.2 Å². The lowest BCUT2D eigenvalue weighted by atomic mass is 10.1. The summed E-state index contributed by atoms with van der Waals surface area (Å²) in [7, 11) is 0. The molecule has 2 amide bonds. The van der Waals surface area contributed by atoms with E-state index in [0.29, 0.717) is 23.4 Å². The van der Waals surface area contributed by atoms with Crippen LogP contribution in [0.1, 0.15) is 23.7 Å². The molecule has 1 aliphatic rings. The van der Waals surface area contributed by atoms with Crippen LogP contribution in [0.4, 0.5) is 5.69 Å². The Morgan fingerprint density at radius 3 is 3.05 bits per heavy atom. The van der Waals surface area contributed by atoms with Gasteiger partial charge in [-0.25, -0.2) is 0 Å². The van der Waals surface area contributed by atoms with Crippen molar-refractivity contribution in [2.24, 2.45) is 0 Å². The number of nitrogens with one attached hydrogen (secondary N) is 2. The molecule has 0 aliphatic carbocycles. The van der Waals surface area contributed by atoms with E-state index in [9.17, 15) is 9.59 Å². The molecular formula is C13H16N2O4. The van der Waals surface area contributed by atoms with Gasteiger partial charge in [0.1, 0.15) is 5.75 Å². The molecule has 0 aromatic heterocycles. The summed E-state index contributed by atoms with van der Waals surface area (Å²) in [6.07, 6.45) is 0.646. The van der Waals surface area contributed by atoms with Crippen LogP contribution >= 0.6 is 0 Å². The maximum Gasteiger partial charge on any atom is 0.262 e. The highest BCUT2D eigenvalue weighted by atomic mass is 16.5. The second kappa shape index (κ2) is 5.71. The second-order valence-corrected chi connectivity index (χ2v) is 4.31.